The number of hydrogen-bond acceptors (Lipinski definition) is 5. The van der Waals surface area contributed by atoms with E-state index in [1.54, 1.807) is 0 Å². The van der Waals surface area contributed by atoms with Crippen molar-refractivity contribution in [2.75, 3.05) is 0 Å². The van der Waals surface area contributed by atoms with Crippen LogP contribution in [0.4, 0.5) is 5.69 Å². The second-order valence-corrected chi connectivity index (χ2v) is 4.49. The highest BCUT2D eigenvalue weighted by molar-refractivity contribution is 9.10. The van der Waals surface area contributed by atoms with E-state index in [0.717, 1.165) is 0 Å². The van der Waals surface area contributed by atoms with E-state index in [1.165, 1.54) is 18.2 Å². The second kappa shape index (κ2) is 5.05. The molecular weight excluding hydrogens is 327 g/mol. The molecule has 8 heteroatoms. The Hall–Kier alpha value is -1.44. The second-order valence-electron chi connectivity index (χ2n) is 3.36. The number of aromatic nitrogens is 1. The minimum Gasteiger partial charge on any atom is -0.391 e. The van der Waals surface area contributed by atoms with Gasteiger partial charge in [-0.15, -0.1) is 0 Å². The molecule has 1 aromatic heterocycles. The van der Waals surface area contributed by atoms with Gasteiger partial charge in [0.25, 0.3) is 5.69 Å². The number of nitrogens with zero attached hydrogens (tertiary/aromatic N) is 2. The molecule has 18 heavy (non-hydrogen) atoms. The topological polar surface area (TPSA) is 89.4 Å². The highest BCUT2D eigenvalue weighted by atomic mass is 79.9. The number of non-ortho nitro benzene ring substituents is 1. The third-order valence-corrected chi connectivity index (χ3v) is 3.27. The van der Waals surface area contributed by atoms with Crippen LogP contribution in [0.15, 0.2) is 27.4 Å². The maximum atomic E-state index is 10.7. The number of hydrogen-bond donors (Lipinski definition) is 1. The minimum absolute atomic E-state index is 0.114. The van der Waals surface area contributed by atoms with Gasteiger partial charge in [-0.3, -0.25) is 10.1 Å². The van der Waals surface area contributed by atoms with Crippen molar-refractivity contribution < 1.29 is 14.6 Å². The van der Waals surface area contributed by atoms with E-state index in [4.69, 9.17) is 16.1 Å². The molecule has 2 rings (SSSR count). The lowest BCUT2D eigenvalue weighted by atomic mass is 10.1. The highest BCUT2D eigenvalue weighted by Crippen LogP contribution is 2.35. The maximum absolute atomic E-state index is 10.7. The Kier molecular flexibility index (Phi) is 3.65. The standard InChI is InChI=1S/C10H6BrClN2O4/c11-10-7(4-15)9(13-18-10)6-3-5(14(16)17)1-2-8(6)12/h1-3,15H,4H2. The Morgan fingerprint density at radius 2 is 2.28 bits per heavy atom. The zero-order valence-corrected chi connectivity index (χ0v) is 11.1. The third kappa shape index (κ3) is 2.24. The van der Waals surface area contributed by atoms with Crippen LogP contribution in [0.3, 0.4) is 0 Å². The third-order valence-electron chi connectivity index (χ3n) is 2.31. The van der Waals surface area contributed by atoms with Crippen LogP contribution in [-0.4, -0.2) is 15.2 Å². The molecule has 0 atom stereocenters. The summed E-state index contributed by atoms with van der Waals surface area (Å²) >= 11 is 9.05. The smallest absolute Gasteiger partial charge is 0.270 e. The van der Waals surface area contributed by atoms with Gasteiger partial charge in [-0.05, 0) is 22.0 Å². The van der Waals surface area contributed by atoms with Crippen LogP contribution in [0.25, 0.3) is 11.3 Å². The zero-order valence-electron chi connectivity index (χ0n) is 8.76. The number of rotatable bonds is 3. The molecule has 2 aromatic rings. The molecule has 1 aromatic carbocycles. The first-order valence-corrected chi connectivity index (χ1v) is 5.91. The van der Waals surface area contributed by atoms with E-state index in [2.05, 4.69) is 21.1 Å². The quantitative estimate of drug-likeness (QED) is 0.688. The summed E-state index contributed by atoms with van der Waals surface area (Å²) in [6.07, 6.45) is 0. The van der Waals surface area contributed by atoms with Crippen molar-refractivity contribution in [2.24, 2.45) is 0 Å². The van der Waals surface area contributed by atoms with Crippen molar-refractivity contribution >= 4 is 33.2 Å². The molecule has 0 aliphatic heterocycles. The summed E-state index contributed by atoms with van der Waals surface area (Å²) in [5.74, 6) is 0. The number of nitro benzene ring substituents is 1. The molecule has 94 valence electrons. The lowest BCUT2D eigenvalue weighted by Gasteiger charge is -2.02. The van der Waals surface area contributed by atoms with Crippen molar-refractivity contribution in [3.63, 3.8) is 0 Å². The van der Waals surface area contributed by atoms with Gasteiger partial charge >= 0.3 is 0 Å². The maximum Gasteiger partial charge on any atom is 0.270 e. The average Bonchev–Trinajstić information content (AvgIpc) is 2.70. The predicted octanol–water partition coefficient (Wildman–Crippen LogP) is 3.16. The Morgan fingerprint density at radius 3 is 2.89 bits per heavy atom. The fourth-order valence-electron chi connectivity index (χ4n) is 1.45. The molecule has 0 aliphatic rings. The Morgan fingerprint density at radius 1 is 1.56 bits per heavy atom. The first-order valence-electron chi connectivity index (χ1n) is 4.73. The molecule has 0 unspecified atom stereocenters. The van der Waals surface area contributed by atoms with Crippen molar-refractivity contribution in [3.05, 3.63) is 43.6 Å². The number of aliphatic hydroxyl groups excluding tert-OH is 1. The van der Waals surface area contributed by atoms with Crippen LogP contribution in [-0.2, 0) is 6.61 Å². The van der Waals surface area contributed by atoms with Gasteiger partial charge in [0.15, 0.2) is 0 Å². The van der Waals surface area contributed by atoms with Crippen LogP contribution in [0.1, 0.15) is 5.56 Å². The van der Waals surface area contributed by atoms with Crippen molar-refractivity contribution in [1.29, 1.82) is 0 Å². The highest BCUT2D eigenvalue weighted by Gasteiger charge is 2.19. The van der Waals surface area contributed by atoms with Gasteiger partial charge in [0.2, 0.25) is 4.67 Å². The molecule has 0 bridgehead atoms. The molecule has 0 fully saturated rings. The largest absolute Gasteiger partial charge is 0.391 e. The Balaban J connectivity index is 2.62. The SMILES string of the molecule is O=[N+]([O-])c1ccc(Cl)c(-c2noc(Br)c2CO)c1. The van der Waals surface area contributed by atoms with Crippen LogP contribution >= 0.6 is 27.5 Å². The van der Waals surface area contributed by atoms with Crippen LogP contribution in [0.5, 0.6) is 0 Å². The number of benzene rings is 1. The molecule has 0 aliphatic carbocycles. The summed E-state index contributed by atoms with van der Waals surface area (Å²) in [4.78, 5) is 10.2. The summed E-state index contributed by atoms with van der Waals surface area (Å²) in [5, 5.41) is 23.9. The van der Waals surface area contributed by atoms with E-state index in [9.17, 15) is 15.2 Å². The van der Waals surface area contributed by atoms with Gasteiger partial charge < -0.3 is 9.63 Å². The predicted molar refractivity (Wildman–Crippen MR) is 67.2 cm³/mol. The van der Waals surface area contributed by atoms with Crippen LogP contribution < -0.4 is 0 Å². The molecule has 0 radical (unpaired) electrons. The van der Waals surface area contributed by atoms with Crippen molar-refractivity contribution in [1.82, 2.24) is 5.16 Å². The molecule has 0 saturated heterocycles. The van der Waals surface area contributed by atoms with E-state index in [-0.39, 0.29) is 27.7 Å². The summed E-state index contributed by atoms with van der Waals surface area (Å²) in [5.41, 5.74) is 0.886. The van der Waals surface area contributed by atoms with E-state index in [0.29, 0.717) is 11.1 Å². The summed E-state index contributed by atoms with van der Waals surface area (Å²) in [6.45, 7) is -0.321. The monoisotopic (exact) mass is 332 g/mol. The first kappa shape index (κ1) is 13.0. The molecule has 0 spiro atoms. The number of nitro groups is 1. The summed E-state index contributed by atoms with van der Waals surface area (Å²) < 4.78 is 5.14. The molecule has 6 nitrogen and oxygen atoms in total. The average molecular weight is 334 g/mol. The molecule has 1 heterocycles. The van der Waals surface area contributed by atoms with Crippen molar-refractivity contribution in [2.45, 2.75) is 6.61 Å². The molecule has 1 N–H and O–H groups in total. The minimum atomic E-state index is -0.534. The number of aliphatic hydroxyl groups is 1. The van der Waals surface area contributed by atoms with Gasteiger partial charge in [0.1, 0.15) is 5.69 Å². The van der Waals surface area contributed by atoms with Gasteiger partial charge in [-0.25, -0.2) is 0 Å². The van der Waals surface area contributed by atoms with E-state index < -0.39 is 4.92 Å². The fraction of sp³-hybridized carbons (Fsp3) is 0.100. The van der Waals surface area contributed by atoms with Crippen LogP contribution in [0, 0.1) is 10.1 Å². The van der Waals surface area contributed by atoms with Crippen LogP contribution in [0.2, 0.25) is 5.02 Å². The van der Waals surface area contributed by atoms with Gasteiger partial charge in [-0.1, -0.05) is 16.8 Å². The summed E-state index contributed by atoms with van der Waals surface area (Å²) in [6, 6.07) is 3.98. The van der Waals surface area contributed by atoms with Gasteiger partial charge in [0, 0.05) is 17.7 Å². The zero-order chi connectivity index (χ0) is 13.3. The lowest BCUT2D eigenvalue weighted by Crippen LogP contribution is -1.92. The Labute approximate surface area is 114 Å². The van der Waals surface area contributed by atoms with E-state index >= 15 is 0 Å². The molecule has 0 saturated carbocycles. The molecule has 0 amide bonds. The fourth-order valence-corrected chi connectivity index (χ4v) is 2.04. The number of halogens is 2. The lowest BCUT2D eigenvalue weighted by molar-refractivity contribution is -0.384. The molecular formula is C10H6BrClN2O4. The normalized spacial score (nSPS) is 10.6. The summed E-state index contributed by atoms with van der Waals surface area (Å²) in [7, 11) is 0. The van der Waals surface area contributed by atoms with Gasteiger partial charge in [0.05, 0.1) is 22.1 Å². The van der Waals surface area contributed by atoms with E-state index in [1.807, 2.05) is 0 Å². The first-order chi connectivity index (χ1) is 8.54. The van der Waals surface area contributed by atoms with Gasteiger partial charge in [-0.2, -0.15) is 0 Å². The van der Waals surface area contributed by atoms with Crippen molar-refractivity contribution in [3.8, 4) is 11.3 Å². The Bertz CT molecular complexity index is 614.